The molecule has 26 heavy (non-hydrogen) atoms. The molecule has 1 N–H and O–H groups in total. The number of carboxylic acid groups (broad SMARTS) is 1. The van der Waals surface area contributed by atoms with Crippen LogP contribution in [0.3, 0.4) is 0 Å². The minimum Gasteiger partial charge on any atom is -0.482 e. The average molecular weight is 358 g/mol. The molecule has 0 aliphatic carbocycles. The van der Waals surface area contributed by atoms with Crippen molar-refractivity contribution in [1.29, 1.82) is 5.26 Å². The molecule has 2 aromatic carbocycles. The molecular weight excluding hydrogens is 346 g/mol. The van der Waals surface area contributed by atoms with Gasteiger partial charge in [-0.2, -0.15) is 5.26 Å². The van der Waals surface area contributed by atoms with Gasteiger partial charge in [-0.15, -0.1) is 0 Å². The zero-order chi connectivity index (χ0) is 18.9. The van der Waals surface area contributed by atoms with Gasteiger partial charge in [-0.25, -0.2) is 18.6 Å². The third kappa shape index (κ3) is 3.47. The summed E-state index contributed by atoms with van der Waals surface area (Å²) in [5.74, 6) is -3.87. The van der Waals surface area contributed by atoms with Crippen molar-refractivity contribution in [2.75, 3.05) is 0 Å². The van der Waals surface area contributed by atoms with E-state index in [0.717, 1.165) is 13.0 Å². The normalized spacial score (nSPS) is 11.3. The number of hydrogen-bond donors (Lipinski definition) is 1. The fraction of sp³-hybridized carbons (Fsp3) is 0.167. The molecular formula is C18H12F2N2O4. The highest BCUT2D eigenvalue weighted by Gasteiger charge is 2.25. The number of carbonyl (C=O) groups is 1. The van der Waals surface area contributed by atoms with Gasteiger partial charge >= 0.3 is 5.97 Å². The Morgan fingerprint density at radius 1 is 1.35 bits per heavy atom. The summed E-state index contributed by atoms with van der Waals surface area (Å²) >= 11 is 0. The first kappa shape index (κ1) is 17.4. The summed E-state index contributed by atoms with van der Waals surface area (Å²) in [7, 11) is 0. The van der Waals surface area contributed by atoms with Gasteiger partial charge < -0.3 is 14.3 Å². The van der Waals surface area contributed by atoms with Gasteiger partial charge in [0, 0.05) is 12.5 Å². The van der Waals surface area contributed by atoms with Crippen LogP contribution in [0.4, 0.5) is 8.78 Å². The SMILES string of the molecule is CC(F)(F)c1ccc(OCc2nc3ccc(C(=O)O)cc3o2)c(C#N)c1. The van der Waals surface area contributed by atoms with Crippen LogP contribution in [0.1, 0.15) is 34.3 Å². The lowest BCUT2D eigenvalue weighted by Crippen LogP contribution is -2.07. The van der Waals surface area contributed by atoms with Crippen LogP contribution < -0.4 is 4.74 Å². The van der Waals surface area contributed by atoms with E-state index in [1.54, 1.807) is 0 Å². The standard InChI is InChI=1S/C18H12F2N2O4/c1-18(19,20)12-3-5-14(11(6-12)8-21)25-9-16-22-13-4-2-10(17(23)24)7-15(13)26-16/h2-7H,9H2,1H3,(H,23,24). The number of oxazole rings is 1. The molecule has 0 saturated heterocycles. The fourth-order valence-electron chi connectivity index (χ4n) is 2.32. The number of benzene rings is 2. The van der Waals surface area contributed by atoms with E-state index in [4.69, 9.17) is 19.5 Å². The Bertz CT molecular complexity index is 1030. The molecule has 3 aromatic rings. The third-order valence-electron chi connectivity index (χ3n) is 3.64. The molecule has 8 heteroatoms. The van der Waals surface area contributed by atoms with E-state index in [1.165, 1.54) is 30.3 Å². The number of hydrogen-bond acceptors (Lipinski definition) is 5. The monoisotopic (exact) mass is 358 g/mol. The number of aromatic carboxylic acids is 1. The Morgan fingerprint density at radius 2 is 2.12 bits per heavy atom. The molecule has 0 aliphatic rings. The molecule has 0 amide bonds. The number of rotatable bonds is 5. The van der Waals surface area contributed by atoms with E-state index in [1.807, 2.05) is 6.07 Å². The molecule has 132 valence electrons. The van der Waals surface area contributed by atoms with Gasteiger partial charge in [0.05, 0.1) is 11.1 Å². The lowest BCUT2D eigenvalue weighted by atomic mass is 10.1. The summed E-state index contributed by atoms with van der Waals surface area (Å²) in [6, 6.07) is 9.60. The molecule has 6 nitrogen and oxygen atoms in total. The molecule has 3 rings (SSSR count). The fourth-order valence-corrected chi connectivity index (χ4v) is 2.32. The van der Waals surface area contributed by atoms with E-state index in [2.05, 4.69) is 4.98 Å². The molecule has 0 bridgehead atoms. The summed E-state index contributed by atoms with van der Waals surface area (Å²) in [6.07, 6.45) is 0. The number of alkyl halides is 2. The molecule has 1 heterocycles. The Labute approximate surface area is 146 Å². The number of carboxylic acids is 1. The number of ether oxygens (including phenoxy) is 1. The average Bonchev–Trinajstić information content (AvgIpc) is 3.00. The van der Waals surface area contributed by atoms with Crippen LogP contribution in [0.2, 0.25) is 0 Å². The molecule has 0 saturated carbocycles. The van der Waals surface area contributed by atoms with E-state index in [9.17, 15) is 13.6 Å². The number of fused-ring (bicyclic) bond motifs is 1. The first-order valence-corrected chi connectivity index (χ1v) is 7.46. The first-order chi connectivity index (χ1) is 12.3. The quantitative estimate of drug-likeness (QED) is 0.738. The number of aromatic nitrogens is 1. The predicted octanol–water partition coefficient (Wildman–Crippen LogP) is 4.09. The number of halogens is 2. The van der Waals surface area contributed by atoms with Gasteiger partial charge in [-0.3, -0.25) is 0 Å². The zero-order valence-electron chi connectivity index (χ0n) is 13.5. The summed E-state index contributed by atoms with van der Waals surface area (Å²) in [5.41, 5.74) is 0.474. The molecule has 0 aliphatic heterocycles. The smallest absolute Gasteiger partial charge is 0.335 e. The summed E-state index contributed by atoms with van der Waals surface area (Å²) in [6.45, 7) is 0.599. The van der Waals surface area contributed by atoms with Crippen LogP contribution in [0.25, 0.3) is 11.1 Å². The predicted molar refractivity (Wildman–Crippen MR) is 86.0 cm³/mol. The number of nitriles is 1. The van der Waals surface area contributed by atoms with E-state index in [0.29, 0.717) is 5.52 Å². The van der Waals surface area contributed by atoms with Gasteiger partial charge in [-0.1, -0.05) is 0 Å². The Balaban J connectivity index is 1.82. The second-order valence-corrected chi connectivity index (χ2v) is 5.60. The van der Waals surface area contributed by atoms with Crippen molar-refractivity contribution >= 4 is 17.1 Å². The van der Waals surface area contributed by atoms with Crippen molar-refractivity contribution in [3.8, 4) is 11.8 Å². The summed E-state index contributed by atoms with van der Waals surface area (Å²) < 4.78 is 37.6. The molecule has 0 spiro atoms. The molecule has 0 atom stereocenters. The molecule has 0 fully saturated rings. The molecule has 0 radical (unpaired) electrons. The Kier molecular flexibility index (Phi) is 4.30. The van der Waals surface area contributed by atoms with Crippen LogP contribution in [-0.4, -0.2) is 16.1 Å². The van der Waals surface area contributed by atoms with Crippen molar-refractivity contribution in [1.82, 2.24) is 4.98 Å². The van der Waals surface area contributed by atoms with Gasteiger partial charge in [0.15, 0.2) is 12.2 Å². The second-order valence-electron chi connectivity index (χ2n) is 5.60. The first-order valence-electron chi connectivity index (χ1n) is 7.46. The van der Waals surface area contributed by atoms with Crippen molar-refractivity contribution in [3.63, 3.8) is 0 Å². The Morgan fingerprint density at radius 3 is 2.77 bits per heavy atom. The van der Waals surface area contributed by atoms with Crippen molar-refractivity contribution in [3.05, 3.63) is 59.0 Å². The van der Waals surface area contributed by atoms with Crippen LogP contribution in [0.15, 0.2) is 40.8 Å². The topological polar surface area (TPSA) is 96.3 Å². The maximum absolute atomic E-state index is 13.3. The maximum atomic E-state index is 13.3. The van der Waals surface area contributed by atoms with Crippen molar-refractivity contribution in [2.24, 2.45) is 0 Å². The maximum Gasteiger partial charge on any atom is 0.335 e. The lowest BCUT2D eigenvalue weighted by molar-refractivity contribution is 0.0174. The van der Waals surface area contributed by atoms with E-state index >= 15 is 0 Å². The van der Waals surface area contributed by atoms with Crippen LogP contribution in [0.5, 0.6) is 5.75 Å². The van der Waals surface area contributed by atoms with E-state index in [-0.39, 0.29) is 40.5 Å². The molecule has 1 aromatic heterocycles. The lowest BCUT2D eigenvalue weighted by Gasteiger charge is -2.12. The highest BCUT2D eigenvalue weighted by molar-refractivity contribution is 5.91. The molecule has 0 unspecified atom stereocenters. The largest absolute Gasteiger partial charge is 0.482 e. The van der Waals surface area contributed by atoms with Crippen LogP contribution in [-0.2, 0) is 12.5 Å². The Hall–Kier alpha value is -3.47. The highest BCUT2D eigenvalue weighted by Crippen LogP contribution is 2.31. The zero-order valence-corrected chi connectivity index (χ0v) is 13.5. The van der Waals surface area contributed by atoms with Crippen LogP contribution in [0, 0.1) is 11.3 Å². The van der Waals surface area contributed by atoms with E-state index < -0.39 is 11.9 Å². The van der Waals surface area contributed by atoms with Crippen molar-refractivity contribution < 1.29 is 27.8 Å². The summed E-state index contributed by atoms with van der Waals surface area (Å²) in [4.78, 5) is 15.1. The van der Waals surface area contributed by atoms with Gasteiger partial charge in [0.1, 0.15) is 17.3 Å². The van der Waals surface area contributed by atoms with Crippen LogP contribution >= 0.6 is 0 Å². The minimum absolute atomic E-state index is 0.0340. The minimum atomic E-state index is -3.06. The number of nitrogens with zero attached hydrogens (tertiary/aromatic N) is 2. The summed E-state index contributed by atoms with van der Waals surface area (Å²) in [5, 5.41) is 18.1. The van der Waals surface area contributed by atoms with Crippen molar-refractivity contribution in [2.45, 2.75) is 19.5 Å². The third-order valence-corrected chi connectivity index (χ3v) is 3.64. The second kappa shape index (κ2) is 6.44. The highest BCUT2D eigenvalue weighted by atomic mass is 19.3. The van der Waals surface area contributed by atoms with Gasteiger partial charge in [0.25, 0.3) is 5.92 Å². The van der Waals surface area contributed by atoms with Gasteiger partial charge in [-0.05, 0) is 36.4 Å². The van der Waals surface area contributed by atoms with Gasteiger partial charge in [0.2, 0.25) is 5.89 Å².